The first kappa shape index (κ1) is 20.7. The van der Waals surface area contributed by atoms with Gasteiger partial charge in [0.25, 0.3) is 0 Å². The molecule has 0 saturated carbocycles. The maximum atomic E-state index is 13.0. The molecule has 2 aliphatic heterocycles. The number of piperidine rings is 1. The zero-order chi connectivity index (χ0) is 21.8. The summed E-state index contributed by atoms with van der Waals surface area (Å²) in [5.74, 6) is -0.0789. The average Bonchev–Trinajstić information content (AvgIpc) is 2.84. The first-order valence-corrected chi connectivity index (χ1v) is 10.5. The van der Waals surface area contributed by atoms with Gasteiger partial charge >= 0.3 is 12.0 Å². The maximum absolute atomic E-state index is 13.0. The number of hydrogen-bond acceptors (Lipinski definition) is 5. The quantitative estimate of drug-likeness (QED) is 0.819. The monoisotopic (exact) mass is 419 g/mol. The lowest BCUT2D eigenvalue weighted by Gasteiger charge is -2.42. The molecule has 2 aromatic rings. The summed E-state index contributed by atoms with van der Waals surface area (Å²) in [6.07, 6.45) is 2.44. The zero-order valence-electron chi connectivity index (χ0n) is 17.3. The van der Waals surface area contributed by atoms with Crippen LogP contribution in [0, 0.1) is 11.3 Å². The van der Waals surface area contributed by atoms with E-state index in [2.05, 4.69) is 16.0 Å². The van der Waals surface area contributed by atoms with Gasteiger partial charge in [-0.15, -0.1) is 0 Å². The lowest BCUT2D eigenvalue weighted by atomic mass is 9.73. The summed E-state index contributed by atoms with van der Waals surface area (Å²) in [6.45, 7) is 3.26. The van der Waals surface area contributed by atoms with Crippen LogP contribution in [0.15, 0.2) is 48.7 Å². The Kier molecular flexibility index (Phi) is 5.76. The normalized spacial score (nSPS) is 18.4. The first-order chi connectivity index (χ1) is 15.0. The average molecular weight is 419 g/mol. The van der Waals surface area contributed by atoms with Gasteiger partial charge < -0.3 is 19.8 Å². The third-order valence-electron chi connectivity index (χ3n) is 6.37. The number of rotatable bonds is 3. The first-order valence-electron chi connectivity index (χ1n) is 10.5. The Balaban J connectivity index is 1.36. The van der Waals surface area contributed by atoms with E-state index in [1.807, 2.05) is 35.2 Å². The van der Waals surface area contributed by atoms with Gasteiger partial charge in [-0.3, -0.25) is 4.79 Å². The van der Waals surface area contributed by atoms with Gasteiger partial charge in [0.2, 0.25) is 0 Å². The van der Waals surface area contributed by atoms with Crippen molar-refractivity contribution in [2.24, 2.45) is 0 Å². The van der Waals surface area contributed by atoms with Crippen molar-refractivity contribution in [3.8, 4) is 6.07 Å². The fourth-order valence-electron chi connectivity index (χ4n) is 4.45. The third kappa shape index (κ3) is 4.04. The number of carbonyl (C=O) groups excluding carboxylic acids is 1. The van der Waals surface area contributed by atoms with Crippen LogP contribution in [-0.2, 0) is 10.2 Å². The van der Waals surface area contributed by atoms with Crippen molar-refractivity contribution in [3.63, 3.8) is 0 Å². The van der Waals surface area contributed by atoms with Gasteiger partial charge in [0, 0.05) is 45.5 Å². The van der Waals surface area contributed by atoms with Crippen LogP contribution < -0.4 is 4.90 Å². The zero-order valence-corrected chi connectivity index (χ0v) is 17.3. The molecule has 2 amide bonds. The molecule has 1 aromatic carbocycles. The molecule has 2 saturated heterocycles. The molecular weight excluding hydrogens is 394 g/mol. The van der Waals surface area contributed by atoms with Gasteiger partial charge in [-0.1, -0.05) is 30.3 Å². The van der Waals surface area contributed by atoms with Crippen LogP contribution in [0.2, 0.25) is 0 Å². The second kappa shape index (κ2) is 8.64. The highest BCUT2D eigenvalue weighted by atomic mass is 16.4. The lowest BCUT2D eigenvalue weighted by Crippen LogP contribution is -2.56. The number of piperazine rings is 1. The van der Waals surface area contributed by atoms with Crippen LogP contribution in [0.25, 0.3) is 0 Å². The van der Waals surface area contributed by atoms with Crippen LogP contribution in [0.3, 0.4) is 0 Å². The molecule has 1 N–H and O–H groups in total. The Labute approximate surface area is 181 Å². The van der Waals surface area contributed by atoms with Gasteiger partial charge in [-0.05, 0) is 30.5 Å². The molecule has 0 unspecified atom stereocenters. The number of likely N-dealkylation sites (tertiary alicyclic amines) is 1. The Morgan fingerprint density at radius 2 is 1.61 bits per heavy atom. The van der Waals surface area contributed by atoms with Crippen molar-refractivity contribution in [3.05, 3.63) is 59.8 Å². The van der Waals surface area contributed by atoms with Crippen LogP contribution >= 0.6 is 0 Å². The van der Waals surface area contributed by atoms with E-state index >= 15 is 0 Å². The summed E-state index contributed by atoms with van der Waals surface area (Å²) in [6, 6.07) is 14.8. The topological polar surface area (TPSA) is 101 Å². The van der Waals surface area contributed by atoms with E-state index in [4.69, 9.17) is 5.26 Å². The van der Waals surface area contributed by atoms with E-state index in [-0.39, 0.29) is 6.03 Å². The van der Waals surface area contributed by atoms with E-state index in [1.54, 1.807) is 23.2 Å². The van der Waals surface area contributed by atoms with E-state index in [9.17, 15) is 14.7 Å². The van der Waals surface area contributed by atoms with E-state index in [1.165, 1.54) is 0 Å². The van der Waals surface area contributed by atoms with Crippen molar-refractivity contribution in [2.75, 3.05) is 44.2 Å². The number of pyridine rings is 1. The summed E-state index contributed by atoms with van der Waals surface area (Å²) in [7, 11) is 0. The summed E-state index contributed by atoms with van der Waals surface area (Å²) in [5, 5.41) is 19.0. The molecule has 1 aromatic heterocycles. The second-order valence-electron chi connectivity index (χ2n) is 8.01. The highest BCUT2D eigenvalue weighted by Crippen LogP contribution is 2.36. The number of urea groups is 1. The van der Waals surface area contributed by atoms with Crippen molar-refractivity contribution < 1.29 is 14.7 Å². The third-order valence-corrected chi connectivity index (χ3v) is 6.37. The fraction of sp³-hybridized carbons (Fsp3) is 0.391. The number of nitriles is 1. The highest BCUT2D eigenvalue weighted by Gasteiger charge is 2.44. The van der Waals surface area contributed by atoms with Crippen molar-refractivity contribution in [2.45, 2.75) is 18.3 Å². The summed E-state index contributed by atoms with van der Waals surface area (Å²) < 4.78 is 0. The minimum Gasteiger partial charge on any atom is -0.481 e. The van der Waals surface area contributed by atoms with Crippen LogP contribution in [-0.4, -0.2) is 71.2 Å². The van der Waals surface area contributed by atoms with Crippen molar-refractivity contribution in [1.82, 2.24) is 14.8 Å². The molecule has 2 fully saturated rings. The molecule has 8 heteroatoms. The molecule has 0 atom stereocenters. The van der Waals surface area contributed by atoms with Gasteiger partial charge in [-0.25, -0.2) is 9.78 Å². The van der Waals surface area contributed by atoms with E-state index < -0.39 is 11.4 Å². The Morgan fingerprint density at radius 3 is 2.23 bits per heavy atom. The number of anilines is 1. The number of carboxylic acids is 1. The predicted octanol–water partition coefficient (Wildman–Crippen LogP) is 2.31. The standard InChI is InChI=1S/C23H25N5O3/c24-17-18-6-9-25-20(16-18)26-12-14-28(15-13-26)22(31)27-10-7-23(8-11-27,21(29)30)19-4-2-1-3-5-19/h1-6,9,16H,7-8,10-15H2,(H,29,30). The fourth-order valence-corrected chi connectivity index (χ4v) is 4.45. The molecule has 0 aliphatic carbocycles. The molecule has 31 heavy (non-hydrogen) atoms. The van der Waals surface area contributed by atoms with E-state index in [0.717, 1.165) is 11.4 Å². The number of carbonyl (C=O) groups is 2. The van der Waals surface area contributed by atoms with E-state index in [0.29, 0.717) is 57.7 Å². The van der Waals surface area contributed by atoms with Crippen LogP contribution in [0.4, 0.5) is 10.6 Å². The number of hydrogen-bond donors (Lipinski definition) is 1. The summed E-state index contributed by atoms with van der Waals surface area (Å²) in [5.41, 5.74) is 0.432. The van der Waals surface area contributed by atoms with Gasteiger partial charge in [-0.2, -0.15) is 5.26 Å². The van der Waals surface area contributed by atoms with Gasteiger partial charge in [0.05, 0.1) is 17.0 Å². The van der Waals surface area contributed by atoms with Gasteiger partial charge in [0.15, 0.2) is 0 Å². The highest BCUT2D eigenvalue weighted by molar-refractivity contribution is 5.82. The van der Waals surface area contributed by atoms with Crippen LogP contribution in [0.1, 0.15) is 24.0 Å². The molecule has 0 bridgehead atoms. The Bertz CT molecular complexity index is 988. The molecule has 4 rings (SSSR count). The predicted molar refractivity (Wildman–Crippen MR) is 115 cm³/mol. The Morgan fingerprint density at radius 1 is 0.968 bits per heavy atom. The van der Waals surface area contributed by atoms with Crippen LogP contribution in [0.5, 0.6) is 0 Å². The minimum absolute atomic E-state index is 0.0366. The maximum Gasteiger partial charge on any atom is 0.320 e. The molecule has 160 valence electrons. The SMILES string of the molecule is N#Cc1ccnc(N2CCN(C(=O)N3CCC(C(=O)O)(c4ccccc4)CC3)CC2)c1. The van der Waals surface area contributed by atoms with Crippen molar-refractivity contribution >= 4 is 17.8 Å². The largest absolute Gasteiger partial charge is 0.481 e. The number of amides is 2. The molecule has 0 radical (unpaired) electrons. The molecular formula is C23H25N5O3. The number of carboxylic acid groups (broad SMARTS) is 1. The smallest absolute Gasteiger partial charge is 0.320 e. The number of nitrogens with zero attached hydrogens (tertiary/aromatic N) is 5. The molecule has 2 aliphatic rings. The summed E-state index contributed by atoms with van der Waals surface area (Å²) in [4.78, 5) is 35.2. The van der Waals surface area contributed by atoms with Gasteiger partial charge in [0.1, 0.15) is 5.82 Å². The molecule has 8 nitrogen and oxygen atoms in total. The molecule has 3 heterocycles. The number of aliphatic carboxylic acids is 1. The second-order valence-corrected chi connectivity index (χ2v) is 8.01. The summed E-state index contributed by atoms with van der Waals surface area (Å²) >= 11 is 0. The molecule has 0 spiro atoms. The number of aromatic nitrogens is 1. The Hall–Kier alpha value is -3.60. The minimum atomic E-state index is -0.936. The van der Waals surface area contributed by atoms with Crippen molar-refractivity contribution in [1.29, 1.82) is 5.26 Å². The lowest BCUT2D eigenvalue weighted by molar-refractivity contribution is -0.145. The number of benzene rings is 1.